The molecule has 8 heteroatoms. The lowest BCUT2D eigenvalue weighted by molar-refractivity contribution is 0.324. The normalized spacial score (nSPS) is 17.6. The summed E-state index contributed by atoms with van der Waals surface area (Å²) in [7, 11) is 0. The second kappa shape index (κ2) is 9.90. The van der Waals surface area contributed by atoms with Crippen LogP contribution in [0.3, 0.4) is 0 Å². The fourth-order valence-corrected chi connectivity index (χ4v) is 6.28. The van der Waals surface area contributed by atoms with Crippen molar-refractivity contribution in [3.8, 4) is 6.07 Å². The van der Waals surface area contributed by atoms with Crippen LogP contribution in [0.4, 0.5) is 0 Å². The van der Waals surface area contributed by atoms with E-state index in [-0.39, 0.29) is 17.6 Å². The lowest BCUT2D eigenvalue weighted by atomic mass is 9.87. The Morgan fingerprint density at radius 3 is 2.58 bits per heavy atom. The van der Waals surface area contributed by atoms with Crippen LogP contribution in [-0.2, 0) is 13.1 Å². The van der Waals surface area contributed by atoms with Crippen LogP contribution in [-0.4, -0.2) is 36.8 Å². The van der Waals surface area contributed by atoms with Gasteiger partial charge in [-0.15, -0.1) is 0 Å². The summed E-state index contributed by atoms with van der Waals surface area (Å²) in [6.45, 7) is 3.19. The highest BCUT2D eigenvalue weighted by Crippen LogP contribution is 2.29. The quantitative estimate of drug-likeness (QED) is 0.440. The summed E-state index contributed by atoms with van der Waals surface area (Å²) >= 11 is 0. The molecule has 1 saturated heterocycles. The summed E-state index contributed by atoms with van der Waals surface area (Å²) < 4.78 is 6.16. The number of fused-ring (bicyclic) bond motifs is 2. The highest BCUT2D eigenvalue weighted by molar-refractivity contribution is 5.78. The number of hydrogen-bond donors (Lipinski definition) is 1. The van der Waals surface area contributed by atoms with Crippen LogP contribution in [0.5, 0.6) is 0 Å². The summed E-state index contributed by atoms with van der Waals surface area (Å²) in [6, 6.07) is 12.5. The van der Waals surface area contributed by atoms with E-state index in [0.29, 0.717) is 6.54 Å². The number of hydrogen-bond acceptors (Lipinski definition) is 5. The van der Waals surface area contributed by atoms with Crippen molar-refractivity contribution in [2.45, 2.75) is 70.5 Å². The average Bonchev–Trinajstić information content (AvgIpc) is 3.42. The molecule has 2 fully saturated rings. The van der Waals surface area contributed by atoms with Crippen molar-refractivity contribution >= 4 is 22.1 Å². The molecule has 2 aliphatic rings. The second-order valence-electron chi connectivity index (χ2n) is 10.4. The van der Waals surface area contributed by atoms with Gasteiger partial charge in [0.05, 0.1) is 17.6 Å². The van der Waals surface area contributed by atoms with E-state index in [2.05, 4.69) is 44.1 Å². The predicted octanol–water partition coefficient (Wildman–Crippen LogP) is 4.36. The van der Waals surface area contributed by atoms with Crippen molar-refractivity contribution in [1.29, 1.82) is 5.26 Å². The summed E-state index contributed by atoms with van der Waals surface area (Å²) in [4.78, 5) is 22.6. The number of rotatable bonds is 6. The van der Waals surface area contributed by atoms with Crippen LogP contribution in [0.2, 0.25) is 0 Å². The van der Waals surface area contributed by atoms with Gasteiger partial charge in [0.15, 0.2) is 0 Å². The highest BCUT2D eigenvalue weighted by Gasteiger charge is 2.23. The first kappa shape index (κ1) is 23.0. The maximum Gasteiger partial charge on any atom is 0.329 e. The predicted molar refractivity (Wildman–Crippen MR) is 140 cm³/mol. The third-order valence-electron chi connectivity index (χ3n) is 8.17. The zero-order valence-electron chi connectivity index (χ0n) is 20.7. The third-order valence-corrected chi connectivity index (χ3v) is 8.17. The summed E-state index contributed by atoms with van der Waals surface area (Å²) in [5.74, 6) is 0.914. The number of nitriles is 1. The second-order valence-corrected chi connectivity index (χ2v) is 10.4. The lowest BCUT2D eigenvalue weighted by Crippen LogP contribution is -2.35. The summed E-state index contributed by atoms with van der Waals surface area (Å²) in [5.41, 5.74) is 3.86. The first-order valence-electron chi connectivity index (χ1n) is 13.4. The van der Waals surface area contributed by atoms with Crippen LogP contribution >= 0.6 is 0 Å². The topological polar surface area (TPSA) is 93.5 Å². The van der Waals surface area contributed by atoms with Gasteiger partial charge < -0.3 is 9.88 Å². The van der Waals surface area contributed by atoms with Crippen molar-refractivity contribution in [3.63, 3.8) is 0 Å². The van der Waals surface area contributed by atoms with E-state index >= 15 is 0 Å². The Morgan fingerprint density at radius 1 is 1.03 bits per heavy atom. The van der Waals surface area contributed by atoms with Crippen LogP contribution in [0.15, 0.2) is 41.3 Å². The molecule has 36 heavy (non-hydrogen) atoms. The van der Waals surface area contributed by atoms with Gasteiger partial charge in [0, 0.05) is 29.9 Å². The molecular formula is C28H33N7O. The van der Waals surface area contributed by atoms with Crippen molar-refractivity contribution in [2.24, 2.45) is 5.92 Å². The molecule has 3 aromatic heterocycles. The summed E-state index contributed by atoms with van der Waals surface area (Å²) in [6.07, 6.45) is 11.3. The molecule has 1 aliphatic carbocycles. The monoisotopic (exact) mass is 483 g/mol. The fourth-order valence-electron chi connectivity index (χ4n) is 6.28. The maximum atomic E-state index is 13.8. The fraction of sp³-hybridized carbons (Fsp3) is 0.500. The Labute approximate surface area is 210 Å². The van der Waals surface area contributed by atoms with Crippen LogP contribution in [0.1, 0.15) is 68.9 Å². The molecule has 8 nitrogen and oxygen atoms in total. The Morgan fingerprint density at radius 2 is 1.81 bits per heavy atom. The molecule has 1 saturated carbocycles. The number of nitrogens with zero attached hydrogens (tertiary/aromatic N) is 6. The minimum Gasteiger partial charge on any atom is -0.328 e. The molecule has 0 spiro atoms. The summed E-state index contributed by atoms with van der Waals surface area (Å²) in [5, 5.41) is 13.7. The molecule has 1 N–H and O–H groups in total. The SMILES string of the molecule is N#Cc1ncc2cc(Cn3c(=O)n(C4CCNCC4)c4ccccc43)n(CCC3CCCCC3)c2n1. The number of nitrogens with one attached hydrogen (secondary N) is 1. The van der Waals surface area contributed by atoms with Gasteiger partial charge in [-0.25, -0.2) is 14.8 Å². The minimum atomic E-state index is 0.0518. The van der Waals surface area contributed by atoms with Crippen LogP contribution < -0.4 is 11.0 Å². The standard InChI is InChI=1S/C28H33N7O/c29-17-26-31-18-21-16-23(33(27(21)32-26)15-12-20-6-2-1-3-7-20)19-34-24-8-4-5-9-25(24)35(28(34)36)22-10-13-30-14-11-22/h4-5,8-9,16,18,20,22,30H,1-3,6-7,10-15,19H2. The van der Waals surface area contributed by atoms with Gasteiger partial charge in [-0.1, -0.05) is 44.2 Å². The lowest BCUT2D eigenvalue weighted by Gasteiger charge is -2.23. The van der Waals surface area contributed by atoms with Gasteiger partial charge in [-0.3, -0.25) is 9.13 Å². The van der Waals surface area contributed by atoms with Gasteiger partial charge in [-0.05, 0) is 56.5 Å². The zero-order chi connectivity index (χ0) is 24.5. The van der Waals surface area contributed by atoms with Crippen molar-refractivity contribution in [1.82, 2.24) is 29.0 Å². The Balaban J connectivity index is 1.42. The van der Waals surface area contributed by atoms with E-state index in [9.17, 15) is 10.1 Å². The first-order chi connectivity index (χ1) is 17.7. The van der Waals surface area contributed by atoms with Gasteiger partial charge >= 0.3 is 5.69 Å². The highest BCUT2D eigenvalue weighted by atomic mass is 16.1. The third kappa shape index (κ3) is 4.22. The Hall–Kier alpha value is -3.44. The van der Waals surface area contributed by atoms with E-state index in [1.54, 1.807) is 6.20 Å². The van der Waals surface area contributed by atoms with Crippen LogP contribution in [0.25, 0.3) is 22.1 Å². The number of aryl methyl sites for hydroxylation is 1. The number of para-hydroxylation sites is 2. The van der Waals surface area contributed by atoms with Crippen molar-refractivity contribution in [2.75, 3.05) is 13.1 Å². The molecule has 4 heterocycles. The molecule has 0 radical (unpaired) electrons. The number of aromatic nitrogens is 5. The molecule has 0 amide bonds. The smallest absolute Gasteiger partial charge is 0.328 e. The molecule has 0 bridgehead atoms. The molecule has 186 valence electrons. The minimum absolute atomic E-state index is 0.0518. The van der Waals surface area contributed by atoms with Crippen molar-refractivity contribution < 1.29 is 0 Å². The average molecular weight is 484 g/mol. The van der Waals surface area contributed by atoms with E-state index < -0.39 is 0 Å². The Bertz CT molecular complexity index is 1480. The van der Waals surface area contributed by atoms with E-state index in [4.69, 9.17) is 0 Å². The Kier molecular flexibility index (Phi) is 6.32. The largest absolute Gasteiger partial charge is 0.329 e. The van der Waals surface area contributed by atoms with E-state index in [1.807, 2.05) is 21.3 Å². The molecule has 4 aromatic rings. The van der Waals surface area contributed by atoms with Gasteiger partial charge in [-0.2, -0.15) is 5.26 Å². The molecule has 1 aromatic carbocycles. The number of imidazole rings is 1. The van der Waals surface area contributed by atoms with Crippen molar-refractivity contribution in [3.05, 3.63) is 58.5 Å². The molecule has 0 unspecified atom stereocenters. The van der Waals surface area contributed by atoms with Gasteiger partial charge in [0.2, 0.25) is 5.82 Å². The van der Waals surface area contributed by atoms with Crippen LogP contribution in [0, 0.1) is 17.2 Å². The molecule has 6 rings (SSSR count). The molecular weight excluding hydrogens is 450 g/mol. The first-order valence-corrected chi connectivity index (χ1v) is 13.4. The van der Waals surface area contributed by atoms with Gasteiger partial charge in [0.1, 0.15) is 11.7 Å². The van der Waals surface area contributed by atoms with E-state index in [1.165, 1.54) is 32.1 Å². The maximum absolute atomic E-state index is 13.8. The zero-order valence-corrected chi connectivity index (χ0v) is 20.7. The molecule has 1 aliphatic heterocycles. The number of piperidine rings is 1. The molecule has 0 atom stereocenters. The number of benzene rings is 1. The van der Waals surface area contributed by atoms with Gasteiger partial charge in [0.25, 0.3) is 0 Å². The van der Waals surface area contributed by atoms with E-state index in [0.717, 1.165) is 72.6 Å².